The molecule has 0 aromatic carbocycles. The average Bonchev–Trinajstić information content (AvgIpc) is 2.30. The van der Waals surface area contributed by atoms with Gasteiger partial charge in [0.2, 0.25) is 0 Å². The van der Waals surface area contributed by atoms with E-state index < -0.39 is 11.9 Å². The molecular weight excluding hydrogens is 235 g/mol. The zero-order valence-electron chi connectivity index (χ0n) is 9.00. The number of hydrogen-bond donors (Lipinski definition) is 1. The van der Waals surface area contributed by atoms with Crippen molar-refractivity contribution in [2.24, 2.45) is 0 Å². The van der Waals surface area contributed by atoms with Gasteiger partial charge in [0.15, 0.2) is 5.69 Å². The van der Waals surface area contributed by atoms with Crippen LogP contribution in [0.2, 0.25) is 0 Å². The first-order valence-corrected chi connectivity index (χ1v) is 5.31. The fourth-order valence-electron chi connectivity index (χ4n) is 1.61. The highest BCUT2D eigenvalue weighted by molar-refractivity contribution is 5.34. The van der Waals surface area contributed by atoms with E-state index in [4.69, 9.17) is 4.74 Å². The molecule has 1 saturated heterocycles. The Labute approximate surface area is 96.2 Å². The van der Waals surface area contributed by atoms with Crippen LogP contribution in [0.5, 0.6) is 0 Å². The number of rotatable bonds is 2. The largest absolute Gasteiger partial charge is 0.435 e. The zero-order valence-corrected chi connectivity index (χ0v) is 9.00. The maximum Gasteiger partial charge on any atom is 0.435 e. The highest BCUT2D eigenvalue weighted by Crippen LogP contribution is 2.27. The molecule has 1 N–H and O–H groups in total. The smallest absolute Gasteiger partial charge is 0.381 e. The van der Waals surface area contributed by atoms with E-state index in [-0.39, 0.29) is 6.04 Å². The standard InChI is InChI=1S/C10H12F3N3O/c11-10(12,13)8-1-2-9(16-15-8)14-7-3-5-17-6-4-7/h1-2,7H,3-6H2,(H,14,16). The van der Waals surface area contributed by atoms with Gasteiger partial charge in [-0.2, -0.15) is 13.2 Å². The molecule has 0 radical (unpaired) electrons. The molecule has 0 atom stereocenters. The van der Waals surface area contributed by atoms with Gasteiger partial charge >= 0.3 is 6.18 Å². The number of nitrogens with zero attached hydrogens (tertiary/aromatic N) is 2. The minimum atomic E-state index is -4.44. The Balaban J connectivity index is 1.98. The minimum Gasteiger partial charge on any atom is -0.381 e. The van der Waals surface area contributed by atoms with E-state index in [2.05, 4.69) is 15.5 Å². The van der Waals surface area contributed by atoms with Crippen molar-refractivity contribution in [2.45, 2.75) is 25.1 Å². The van der Waals surface area contributed by atoms with Crippen LogP contribution in [0.3, 0.4) is 0 Å². The van der Waals surface area contributed by atoms with Crippen molar-refractivity contribution in [3.8, 4) is 0 Å². The SMILES string of the molecule is FC(F)(F)c1ccc(NC2CCOCC2)nn1. The third-order valence-corrected chi connectivity index (χ3v) is 2.53. The molecule has 17 heavy (non-hydrogen) atoms. The summed E-state index contributed by atoms with van der Waals surface area (Å²) >= 11 is 0. The van der Waals surface area contributed by atoms with Crippen molar-refractivity contribution in [3.63, 3.8) is 0 Å². The van der Waals surface area contributed by atoms with Gasteiger partial charge in [-0.05, 0) is 25.0 Å². The maximum absolute atomic E-state index is 12.2. The van der Waals surface area contributed by atoms with Crippen molar-refractivity contribution >= 4 is 5.82 Å². The summed E-state index contributed by atoms with van der Waals surface area (Å²) in [5, 5.41) is 9.70. The molecule has 94 valence electrons. The second-order valence-corrected chi connectivity index (χ2v) is 3.83. The van der Waals surface area contributed by atoms with E-state index in [1.54, 1.807) is 0 Å². The number of nitrogens with one attached hydrogen (secondary N) is 1. The third-order valence-electron chi connectivity index (χ3n) is 2.53. The lowest BCUT2D eigenvalue weighted by molar-refractivity contribution is -0.141. The van der Waals surface area contributed by atoms with Crippen LogP contribution in [0.4, 0.5) is 19.0 Å². The van der Waals surface area contributed by atoms with Gasteiger partial charge in [0, 0.05) is 19.3 Å². The summed E-state index contributed by atoms with van der Waals surface area (Å²) in [5.74, 6) is 0.366. The second-order valence-electron chi connectivity index (χ2n) is 3.83. The number of ether oxygens (including phenoxy) is 1. The molecule has 1 aromatic rings. The van der Waals surface area contributed by atoms with E-state index >= 15 is 0 Å². The van der Waals surface area contributed by atoms with Gasteiger partial charge in [-0.15, -0.1) is 10.2 Å². The van der Waals surface area contributed by atoms with E-state index in [1.807, 2.05) is 0 Å². The maximum atomic E-state index is 12.2. The first-order chi connectivity index (χ1) is 8.05. The summed E-state index contributed by atoms with van der Waals surface area (Å²) in [6.07, 6.45) is -2.80. The number of halogens is 3. The number of anilines is 1. The summed E-state index contributed by atoms with van der Waals surface area (Å²) in [6.45, 7) is 1.32. The Morgan fingerprint density at radius 2 is 1.88 bits per heavy atom. The Morgan fingerprint density at radius 3 is 2.41 bits per heavy atom. The quantitative estimate of drug-likeness (QED) is 0.869. The Kier molecular flexibility index (Phi) is 3.46. The molecule has 0 bridgehead atoms. The number of aromatic nitrogens is 2. The molecule has 1 aliphatic rings. The molecule has 0 unspecified atom stereocenters. The van der Waals surface area contributed by atoms with Crippen LogP contribution in [0, 0.1) is 0 Å². The van der Waals surface area contributed by atoms with Crippen molar-refractivity contribution in [3.05, 3.63) is 17.8 Å². The van der Waals surface area contributed by atoms with Gasteiger partial charge in [0.05, 0.1) is 0 Å². The van der Waals surface area contributed by atoms with Crippen LogP contribution in [0.25, 0.3) is 0 Å². The molecule has 0 saturated carbocycles. The van der Waals surface area contributed by atoms with Crippen molar-refractivity contribution < 1.29 is 17.9 Å². The van der Waals surface area contributed by atoms with Gasteiger partial charge in [0.25, 0.3) is 0 Å². The predicted octanol–water partition coefficient (Wildman–Crippen LogP) is 2.09. The minimum absolute atomic E-state index is 0.190. The zero-order chi connectivity index (χ0) is 12.3. The van der Waals surface area contributed by atoms with Gasteiger partial charge in [-0.25, -0.2) is 0 Å². The van der Waals surface area contributed by atoms with Crippen LogP contribution < -0.4 is 5.32 Å². The molecule has 0 aliphatic carbocycles. The van der Waals surface area contributed by atoms with E-state index in [0.29, 0.717) is 19.0 Å². The average molecular weight is 247 g/mol. The fourth-order valence-corrected chi connectivity index (χ4v) is 1.61. The topological polar surface area (TPSA) is 47.0 Å². The van der Waals surface area contributed by atoms with Gasteiger partial charge in [0.1, 0.15) is 5.82 Å². The number of alkyl halides is 3. The van der Waals surface area contributed by atoms with Crippen molar-refractivity contribution in [1.82, 2.24) is 10.2 Å². The normalized spacial score (nSPS) is 18.1. The molecule has 4 nitrogen and oxygen atoms in total. The van der Waals surface area contributed by atoms with Gasteiger partial charge in [-0.3, -0.25) is 0 Å². The van der Waals surface area contributed by atoms with Crippen LogP contribution >= 0.6 is 0 Å². The summed E-state index contributed by atoms with van der Waals surface area (Å²) in [4.78, 5) is 0. The monoisotopic (exact) mass is 247 g/mol. The molecular formula is C10H12F3N3O. The van der Waals surface area contributed by atoms with Crippen LogP contribution in [0.15, 0.2) is 12.1 Å². The molecule has 1 fully saturated rings. The molecule has 2 heterocycles. The van der Waals surface area contributed by atoms with Crippen molar-refractivity contribution in [1.29, 1.82) is 0 Å². The van der Waals surface area contributed by atoms with Gasteiger partial charge < -0.3 is 10.1 Å². The summed E-state index contributed by atoms with van der Waals surface area (Å²) in [6, 6.07) is 2.41. The fraction of sp³-hybridized carbons (Fsp3) is 0.600. The van der Waals surface area contributed by atoms with Crippen LogP contribution in [0.1, 0.15) is 18.5 Å². The Hall–Kier alpha value is -1.37. The van der Waals surface area contributed by atoms with Crippen molar-refractivity contribution in [2.75, 3.05) is 18.5 Å². The predicted molar refractivity (Wildman–Crippen MR) is 54.5 cm³/mol. The Bertz CT molecular complexity index is 360. The molecule has 0 amide bonds. The Morgan fingerprint density at radius 1 is 1.18 bits per heavy atom. The van der Waals surface area contributed by atoms with Gasteiger partial charge in [-0.1, -0.05) is 0 Å². The van der Waals surface area contributed by atoms with E-state index in [0.717, 1.165) is 18.9 Å². The highest BCUT2D eigenvalue weighted by Gasteiger charge is 2.32. The third kappa shape index (κ3) is 3.29. The number of hydrogen-bond acceptors (Lipinski definition) is 4. The molecule has 0 spiro atoms. The lowest BCUT2D eigenvalue weighted by Gasteiger charge is -2.23. The van der Waals surface area contributed by atoms with E-state index in [1.165, 1.54) is 6.07 Å². The van der Waals surface area contributed by atoms with Crippen LogP contribution in [-0.4, -0.2) is 29.5 Å². The van der Waals surface area contributed by atoms with Crippen LogP contribution in [-0.2, 0) is 10.9 Å². The highest BCUT2D eigenvalue weighted by atomic mass is 19.4. The van der Waals surface area contributed by atoms with E-state index in [9.17, 15) is 13.2 Å². The molecule has 7 heteroatoms. The summed E-state index contributed by atoms with van der Waals surface area (Å²) in [7, 11) is 0. The summed E-state index contributed by atoms with van der Waals surface area (Å²) in [5.41, 5.74) is -0.977. The lowest BCUT2D eigenvalue weighted by atomic mass is 10.1. The molecule has 1 aliphatic heterocycles. The lowest BCUT2D eigenvalue weighted by Crippen LogP contribution is -2.28. The first-order valence-electron chi connectivity index (χ1n) is 5.31. The molecule has 2 rings (SSSR count). The summed E-state index contributed by atoms with van der Waals surface area (Å²) < 4.78 is 41.9. The second kappa shape index (κ2) is 4.87. The molecule has 1 aromatic heterocycles. The first kappa shape index (κ1) is 12.1.